The highest BCUT2D eigenvalue weighted by atomic mass is 16.4. The summed E-state index contributed by atoms with van der Waals surface area (Å²) in [7, 11) is 0. The predicted octanol–water partition coefficient (Wildman–Crippen LogP) is 1.83. The SMILES string of the molecule is CCC(=O)N[C@@H](Cc1ccc(O)cc1)C(=O)O.CCC(=O)N[C@@H](Cc1ccc(O)cc1)C(=O)O. The van der Waals surface area contributed by atoms with Crippen LogP contribution in [-0.4, -0.2) is 56.3 Å². The van der Waals surface area contributed by atoms with E-state index in [1.807, 2.05) is 0 Å². The van der Waals surface area contributed by atoms with Gasteiger partial charge in [-0.15, -0.1) is 0 Å². The third-order valence-electron chi connectivity index (χ3n) is 4.66. The number of carbonyl (C=O) groups excluding carboxylic acids is 2. The predicted molar refractivity (Wildman–Crippen MR) is 123 cm³/mol. The van der Waals surface area contributed by atoms with Gasteiger partial charge in [0.1, 0.15) is 23.6 Å². The zero-order valence-corrected chi connectivity index (χ0v) is 19.0. The Morgan fingerprint density at radius 2 is 0.941 bits per heavy atom. The zero-order valence-electron chi connectivity index (χ0n) is 19.0. The lowest BCUT2D eigenvalue weighted by atomic mass is 10.1. The Morgan fingerprint density at radius 3 is 1.18 bits per heavy atom. The molecule has 2 rings (SSSR count). The van der Waals surface area contributed by atoms with Gasteiger partial charge in [-0.3, -0.25) is 9.59 Å². The van der Waals surface area contributed by atoms with Crippen LogP contribution in [0.25, 0.3) is 0 Å². The lowest BCUT2D eigenvalue weighted by molar-refractivity contribution is -0.142. The fourth-order valence-electron chi connectivity index (χ4n) is 2.73. The third kappa shape index (κ3) is 10.5. The van der Waals surface area contributed by atoms with Gasteiger partial charge < -0.3 is 31.1 Å². The van der Waals surface area contributed by atoms with E-state index in [9.17, 15) is 19.2 Å². The van der Waals surface area contributed by atoms with Crippen LogP contribution in [0.4, 0.5) is 0 Å². The first-order chi connectivity index (χ1) is 16.0. The summed E-state index contributed by atoms with van der Waals surface area (Å²) in [5, 5.41) is 41.0. The standard InChI is InChI=1S/2C12H15NO4/c2*1-2-11(15)13-10(12(16)17)7-8-3-5-9(14)6-4-8/h2*3-6,10,14H,2,7H2,1H3,(H,13,15)(H,16,17)/t2*10-/m00/s1. The van der Waals surface area contributed by atoms with Crippen molar-refractivity contribution >= 4 is 23.8 Å². The minimum Gasteiger partial charge on any atom is -0.508 e. The molecule has 10 nitrogen and oxygen atoms in total. The minimum atomic E-state index is -1.07. The van der Waals surface area contributed by atoms with Crippen LogP contribution in [0.1, 0.15) is 37.8 Å². The largest absolute Gasteiger partial charge is 0.508 e. The molecule has 0 radical (unpaired) electrons. The first-order valence-corrected chi connectivity index (χ1v) is 10.7. The molecule has 2 atom stereocenters. The van der Waals surface area contributed by atoms with E-state index in [1.54, 1.807) is 38.1 Å². The third-order valence-corrected chi connectivity index (χ3v) is 4.66. The van der Waals surface area contributed by atoms with Gasteiger partial charge in [0.05, 0.1) is 0 Å². The molecule has 184 valence electrons. The number of benzene rings is 2. The number of carboxylic acid groups (broad SMARTS) is 2. The average molecular weight is 475 g/mol. The lowest BCUT2D eigenvalue weighted by Crippen LogP contribution is -2.42. The zero-order chi connectivity index (χ0) is 25.7. The molecule has 2 aromatic rings. The Bertz CT molecular complexity index is 878. The highest BCUT2D eigenvalue weighted by Gasteiger charge is 2.20. The fraction of sp³-hybridized carbons (Fsp3) is 0.333. The van der Waals surface area contributed by atoms with Gasteiger partial charge >= 0.3 is 11.9 Å². The molecule has 0 spiro atoms. The number of hydrogen-bond acceptors (Lipinski definition) is 6. The molecule has 2 amide bonds. The summed E-state index contributed by atoms with van der Waals surface area (Å²) in [6.45, 7) is 3.32. The van der Waals surface area contributed by atoms with Crippen LogP contribution in [0.5, 0.6) is 11.5 Å². The van der Waals surface area contributed by atoms with Crippen molar-refractivity contribution in [1.29, 1.82) is 0 Å². The second-order valence-electron chi connectivity index (χ2n) is 7.36. The topological polar surface area (TPSA) is 173 Å². The number of amides is 2. The summed E-state index contributed by atoms with van der Waals surface area (Å²) in [6.07, 6.45) is 0.890. The van der Waals surface area contributed by atoms with E-state index in [2.05, 4.69) is 10.6 Å². The number of aromatic hydroxyl groups is 2. The smallest absolute Gasteiger partial charge is 0.326 e. The molecule has 6 N–H and O–H groups in total. The van der Waals surface area contributed by atoms with E-state index in [-0.39, 0.29) is 49.0 Å². The van der Waals surface area contributed by atoms with E-state index in [0.717, 1.165) is 11.1 Å². The van der Waals surface area contributed by atoms with Gasteiger partial charge in [0.15, 0.2) is 0 Å². The number of carbonyl (C=O) groups is 4. The first kappa shape index (κ1) is 28.0. The van der Waals surface area contributed by atoms with Crippen LogP contribution >= 0.6 is 0 Å². The van der Waals surface area contributed by atoms with Crippen LogP contribution in [-0.2, 0) is 32.0 Å². The summed E-state index contributed by atoms with van der Waals surface area (Å²) in [4.78, 5) is 44.2. The summed E-state index contributed by atoms with van der Waals surface area (Å²) in [5.41, 5.74) is 1.48. The van der Waals surface area contributed by atoms with Crippen molar-refractivity contribution in [3.05, 3.63) is 59.7 Å². The molecule has 0 bridgehead atoms. The van der Waals surface area contributed by atoms with Gasteiger partial charge in [-0.2, -0.15) is 0 Å². The van der Waals surface area contributed by atoms with Gasteiger partial charge in [0.25, 0.3) is 0 Å². The van der Waals surface area contributed by atoms with Crippen LogP contribution in [0.2, 0.25) is 0 Å². The van der Waals surface area contributed by atoms with Crippen LogP contribution < -0.4 is 10.6 Å². The molecule has 0 saturated heterocycles. The molecule has 34 heavy (non-hydrogen) atoms. The first-order valence-electron chi connectivity index (χ1n) is 10.7. The van der Waals surface area contributed by atoms with E-state index >= 15 is 0 Å². The molecule has 0 aliphatic heterocycles. The van der Waals surface area contributed by atoms with E-state index in [1.165, 1.54) is 24.3 Å². The van der Waals surface area contributed by atoms with Gasteiger partial charge in [0, 0.05) is 25.7 Å². The van der Waals surface area contributed by atoms with Crippen LogP contribution in [0.15, 0.2) is 48.5 Å². The van der Waals surface area contributed by atoms with Crippen LogP contribution in [0.3, 0.4) is 0 Å². The van der Waals surface area contributed by atoms with Crippen molar-refractivity contribution in [2.75, 3.05) is 0 Å². The Hall–Kier alpha value is -4.08. The number of phenolic OH excluding ortho intramolecular Hbond substituents is 2. The lowest BCUT2D eigenvalue weighted by Gasteiger charge is -2.14. The van der Waals surface area contributed by atoms with Crippen molar-refractivity contribution < 1.29 is 39.6 Å². The average Bonchev–Trinajstić information content (AvgIpc) is 2.80. The molecule has 0 saturated carbocycles. The van der Waals surface area contributed by atoms with Gasteiger partial charge in [-0.05, 0) is 35.4 Å². The second kappa shape index (κ2) is 14.1. The normalized spacial score (nSPS) is 11.8. The van der Waals surface area contributed by atoms with Gasteiger partial charge in [0.2, 0.25) is 11.8 Å². The Balaban J connectivity index is 0.000000340. The summed E-state index contributed by atoms with van der Waals surface area (Å²) in [6, 6.07) is 10.6. The molecule has 0 aliphatic carbocycles. The van der Waals surface area contributed by atoms with Crippen molar-refractivity contribution in [2.45, 2.75) is 51.6 Å². The van der Waals surface area contributed by atoms with Crippen molar-refractivity contribution in [3.63, 3.8) is 0 Å². The molecule has 2 aromatic carbocycles. The van der Waals surface area contributed by atoms with Crippen molar-refractivity contribution in [2.24, 2.45) is 0 Å². The maximum absolute atomic E-state index is 11.2. The maximum Gasteiger partial charge on any atom is 0.326 e. The Kier molecular flexibility index (Phi) is 11.6. The van der Waals surface area contributed by atoms with E-state index in [0.29, 0.717) is 0 Å². The van der Waals surface area contributed by atoms with E-state index < -0.39 is 24.0 Å². The Morgan fingerprint density at radius 1 is 0.647 bits per heavy atom. The number of carboxylic acids is 2. The van der Waals surface area contributed by atoms with E-state index in [4.69, 9.17) is 20.4 Å². The molecule has 0 unspecified atom stereocenters. The molecular formula is C24H30N2O8. The van der Waals surface area contributed by atoms with Crippen LogP contribution in [0, 0.1) is 0 Å². The summed E-state index contributed by atoms with van der Waals surface area (Å²) < 4.78 is 0. The van der Waals surface area contributed by atoms with Gasteiger partial charge in [-0.1, -0.05) is 38.1 Å². The molecule has 0 heterocycles. The number of rotatable bonds is 10. The fourth-order valence-corrected chi connectivity index (χ4v) is 2.73. The number of nitrogens with one attached hydrogen (secondary N) is 2. The van der Waals surface area contributed by atoms with Crippen molar-refractivity contribution in [1.82, 2.24) is 10.6 Å². The molecule has 0 fully saturated rings. The second-order valence-corrected chi connectivity index (χ2v) is 7.36. The highest BCUT2D eigenvalue weighted by molar-refractivity contribution is 5.84. The quantitative estimate of drug-likeness (QED) is 0.302. The summed E-state index contributed by atoms with van der Waals surface area (Å²) >= 11 is 0. The number of aliphatic carboxylic acids is 2. The van der Waals surface area contributed by atoms with Gasteiger partial charge in [-0.25, -0.2) is 9.59 Å². The highest BCUT2D eigenvalue weighted by Crippen LogP contribution is 2.12. The monoisotopic (exact) mass is 474 g/mol. The number of phenols is 2. The number of hydrogen-bond donors (Lipinski definition) is 6. The molecule has 0 aromatic heterocycles. The maximum atomic E-state index is 11.2. The molecular weight excluding hydrogens is 444 g/mol. The summed E-state index contributed by atoms with van der Waals surface area (Å²) in [5.74, 6) is -2.48. The Labute approximate surface area is 197 Å². The minimum absolute atomic E-state index is 0.123. The molecule has 10 heteroatoms. The molecule has 0 aliphatic rings. The van der Waals surface area contributed by atoms with Crippen molar-refractivity contribution in [3.8, 4) is 11.5 Å².